The molecule has 6 rings (SSSR count). The first kappa shape index (κ1) is 26.5. The molecule has 12 heteroatoms. The quantitative estimate of drug-likeness (QED) is 0.343. The Hall–Kier alpha value is -3.76. The van der Waals surface area contributed by atoms with Crippen LogP contribution < -0.4 is 0 Å². The van der Waals surface area contributed by atoms with Gasteiger partial charge in [-0.1, -0.05) is 35.3 Å². The zero-order valence-corrected chi connectivity index (χ0v) is 24.1. The molecule has 0 spiro atoms. The van der Waals surface area contributed by atoms with Crippen molar-refractivity contribution in [1.82, 2.24) is 39.8 Å². The number of carbonyl (C=O) groups excluding carboxylic acids is 2. The van der Waals surface area contributed by atoms with E-state index in [1.165, 1.54) is 4.80 Å². The Bertz CT molecular complexity index is 1630. The lowest BCUT2D eigenvalue weighted by atomic mass is 9.96. The van der Waals surface area contributed by atoms with Gasteiger partial charge in [0.2, 0.25) is 0 Å². The normalized spacial score (nSPS) is 19.4. The molecule has 1 unspecified atom stereocenters. The Morgan fingerprint density at radius 1 is 1.02 bits per heavy atom. The van der Waals surface area contributed by atoms with Gasteiger partial charge < -0.3 is 9.80 Å². The molecule has 0 aliphatic carbocycles. The highest BCUT2D eigenvalue weighted by molar-refractivity contribution is 6.42. The number of benzene rings is 2. The first-order valence-corrected chi connectivity index (χ1v) is 13.9. The summed E-state index contributed by atoms with van der Waals surface area (Å²) in [5.74, 6) is 0.348. The maximum absolute atomic E-state index is 14.0. The number of carbonyl (C=O) groups is 2. The number of hydrogen-bond acceptors (Lipinski definition) is 6. The van der Waals surface area contributed by atoms with Crippen LogP contribution in [0.5, 0.6) is 0 Å². The van der Waals surface area contributed by atoms with Crippen LogP contribution in [0, 0.1) is 6.92 Å². The van der Waals surface area contributed by atoms with Crippen LogP contribution in [0.25, 0.3) is 5.69 Å². The van der Waals surface area contributed by atoms with Gasteiger partial charge >= 0.3 is 0 Å². The first-order valence-electron chi connectivity index (χ1n) is 13.2. The van der Waals surface area contributed by atoms with Crippen LogP contribution in [0.4, 0.5) is 0 Å². The third kappa shape index (κ3) is 4.45. The average molecular weight is 579 g/mol. The van der Waals surface area contributed by atoms with E-state index < -0.39 is 0 Å². The van der Waals surface area contributed by atoms with E-state index in [4.69, 9.17) is 28.3 Å². The number of fused-ring (bicyclic) bond motifs is 3. The fourth-order valence-electron chi connectivity index (χ4n) is 5.55. The van der Waals surface area contributed by atoms with Gasteiger partial charge in [-0.3, -0.25) is 14.3 Å². The summed E-state index contributed by atoms with van der Waals surface area (Å²) in [7, 11) is 0. The lowest BCUT2D eigenvalue weighted by Gasteiger charge is -2.37. The van der Waals surface area contributed by atoms with Crippen LogP contribution in [-0.2, 0) is 13.0 Å². The molecule has 0 bridgehead atoms. The number of aryl methyl sites for hydroxylation is 1. The molecule has 0 saturated carbocycles. The summed E-state index contributed by atoms with van der Waals surface area (Å²) in [6.07, 6.45) is 0.565. The third-order valence-corrected chi connectivity index (χ3v) is 8.54. The second-order valence-corrected chi connectivity index (χ2v) is 11.3. The summed E-state index contributed by atoms with van der Waals surface area (Å²) in [5.41, 5.74) is 4.48. The Balaban J connectivity index is 1.28. The Morgan fingerprint density at radius 3 is 2.45 bits per heavy atom. The number of halogens is 2. The van der Waals surface area contributed by atoms with Crippen LogP contribution in [0.3, 0.4) is 0 Å². The molecule has 2 amide bonds. The fourth-order valence-corrected chi connectivity index (χ4v) is 5.85. The fraction of sp³-hybridized carbons (Fsp3) is 0.357. The molecule has 2 aromatic carbocycles. The molecule has 3 atom stereocenters. The summed E-state index contributed by atoms with van der Waals surface area (Å²) in [4.78, 5) is 32.7. The van der Waals surface area contributed by atoms with Crippen molar-refractivity contribution < 1.29 is 9.59 Å². The predicted octanol–water partition coefficient (Wildman–Crippen LogP) is 4.84. The zero-order chi connectivity index (χ0) is 28.3. The molecule has 0 N–H and O–H groups in total. The van der Waals surface area contributed by atoms with E-state index in [1.807, 2.05) is 47.7 Å². The molecule has 10 nitrogen and oxygen atoms in total. The molecule has 0 fully saturated rings. The standard InChI is InChI=1S/C28H28Cl2N8O2/c1-15-11-25-22(14-35(15)27(39)20-7-10-23(29)24(30)12-20)26-28(40)36(13-16(2)37(26)33-25)17(3)19-5-8-21(9-6-19)38-32-18(4)31-34-38/h5-10,12,15-17H,11,13-14H2,1-4H3/t15-,16-,17?/m1/s1. The number of nitrogens with zero attached hydrogens (tertiary/aromatic N) is 8. The molecule has 206 valence electrons. The average Bonchev–Trinajstić information content (AvgIpc) is 3.55. The summed E-state index contributed by atoms with van der Waals surface area (Å²) < 4.78 is 1.85. The van der Waals surface area contributed by atoms with Gasteiger partial charge in [-0.2, -0.15) is 5.10 Å². The van der Waals surface area contributed by atoms with Crippen molar-refractivity contribution in [3.63, 3.8) is 0 Å². The highest BCUT2D eigenvalue weighted by atomic mass is 35.5. The van der Waals surface area contributed by atoms with Crippen molar-refractivity contribution in [3.8, 4) is 5.69 Å². The number of rotatable bonds is 4. The van der Waals surface area contributed by atoms with Gasteiger partial charge in [-0.15, -0.1) is 15.0 Å². The van der Waals surface area contributed by atoms with E-state index in [9.17, 15) is 9.59 Å². The van der Waals surface area contributed by atoms with Gasteiger partial charge in [-0.05, 0) is 68.8 Å². The molecule has 2 aliphatic rings. The van der Waals surface area contributed by atoms with E-state index in [0.29, 0.717) is 46.6 Å². The molecule has 4 heterocycles. The minimum absolute atomic E-state index is 0.0168. The topological polar surface area (TPSA) is 102 Å². The smallest absolute Gasteiger partial charge is 0.273 e. The zero-order valence-electron chi connectivity index (χ0n) is 22.5. The van der Waals surface area contributed by atoms with E-state index in [1.54, 1.807) is 30.0 Å². The lowest BCUT2D eigenvalue weighted by Crippen LogP contribution is -2.45. The number of tetrazole rings is 1. The number of amides is 2. The monoisotopic (exact) mass is 578 g/mol. The van der Waals surface area contributed by atoms with Crippen molar-refractivity contribution in [2.75, 3.05) is 6.54 Å². The molecule has 40 heavy (non-hydrogen) atoms. The highest BCUT2D eigenvalue weighted by Crippen LogP contribution is 2.35. The second-order valence-electron chi connectivity index (χ2n) is 10.5. The maximum Gasteiger partial charge on any atom is 0.273 e. The highest BCUT2D eigenvalue weighted by Gasteiger charge is 2.40. The molecular weight excluding hydrogens is 551 g/mol. The third-order valence-electron chi connectivity index (χ3n) is 7.80. The van der Waals surface area contributed by atoms with Crippen LogP contribution >= 0.6 is 23.2 Å². The van der Waals surface area contributed by atoms with Crippen molar-refractivity contribution in [2.24, 2.45) is 0 Å². The van der Waals surface area contributed by atoms with Gasteiger partial charge in [0, 0.05) is 30.1 Å². The Kier molecular flexibility index (Phi) is 6.62. The maximum atomic E-state index is 14.0. The predicted molar refractivity (Wildman–Crippen MR) is 150 cm³/mol. The Labute approximate surface area is 241 Å². The van der Waals surface area contributed by atoms with Crippen LogP contribution in [0.1, 0.15) is 76.3 Å². The van der Waals surface area contributed by atoms with Gasteiger partial charge in [0.15, 0.2) is 5.82 Å². The summed E-state index contributed by atoms with van der Waals surface area (Å²) in [6.45, 7) is 8.70. The van der Waals surface area contributed by atoms with E-state index >= 15 is 0 Å². The van der Waals surface area contributed by atoms with Crippen molar-refractivity contribution in [3.05, 3.63) is 86.4 Å². The molecule has 4 aromatic rings. The molecular formula is C28H28Cl2N8O2. The van der Waals surface area contributed by atoms with Crippen LogP contribution in [0.2, 0.25) is 10.0 Å². The number of aromatic nitrogens is 6. The van der Waals surface area contributed by atoms with Crippen molar-refractivity contribution in [2.45, 2.75) is 58.8 Å². The molecule has 2 aliphatic heterocycles. The molecule has 2 aromatic heterocycles. The van der Waals surface area contributed by atoms with E-state index in [-0.39, 0.29) is 29.9 Å². The lowest BCUT2D eigenvalue weighted by molar-refractivity contribution is 0.0574. The van der Waals surface area contributed by atoms with E-state index in [2.05, 4.69) is 22.3 Å². The van der Waals surface area contributed by atoms with Gasteiger partial charge in [0.25, 0.3) is 11.8 Å². The van der Waals surface area contributed by atoms with Crippen molar-refractivity contribution >= 4 is 35.0 Å². The first-order chi connectivity index (χ1) is 19.1. The Morgan fingerprint density at radius 2 is 1.77 bits per heavy atom. The SMILES string of the molecule is Cc1nnn(-c2ccc(C(C)N3C[C@@H](C)n4nc5c(c4C3=O)CN(C(=O)c3ccc(Cl)c(Cl)c3)[C@H](C)C5)cc2)n1. The van der Waals surface area contributed by atoms with Crippen LogP contribution in [0.15, 0.2) is 42.5 Å². The van der Waals surface area contributed by atoms with Gasteiger partial charge in [0.05, 0.1) is 40.1 Å². The van der Waals surface area contributed by atoms with Gasteiger partial charge in [0.1, 0.15) is 5.69 Å². The molecule has 0 saturated heterocycles. The number of hydrogen-bond donors (Lipinski definition) is 0. The van der Waals surface area contributed by atoms with Crippen LogP contribution in [-0.4, -0.2) is 64.2 Å². The summed E-state index contributed by atoms with van der Waals surface area (Å²) in [6, 6.07) is 12.4. The van der Waals surface area contributed by atoms with Gasteiger partial charge in [-0.25, -0.2) is 0 Å². The minimum atomic E-state index is -0.176. The minimum Gasteiger partial charge on any atom is -0.331 e. The summed E-state index contributed by atoms with van der Waals surface area (Å²) in [5, 5.41) is 17.8. The van der Waals surface area contributed by atoms with Crippen molar-refractivity contribution in [1.29, 1.82) is 0 Å². The van der Waals surface area contributed by atoms with E-state index in [0.717, 1.165) is 22.5 Å². The second kappa shape index (κ2) is 10.0. The molecule has 0 radical (unpaired) electrons. The largest absolute Gasteiger partial charge is 0.331 e. The summed E-state index contributed by atoms with van der Waals surface area (Å²) >= 11 is 12.2.